The second-order valence-electron chi connectivity index (χ2n) is 7.36. The zero-order valence-electron chi connectivity index (χ0n) is 17.5. The molecule has 0 amide bonds. The number of hydrogen-bond acceptors (Lipinski definition) is 4. The third-order valence-corrected chi connectivity index (χ3v) is 5.33. The largest absolute Gasteiger partial charge is 0.481 e. The van der Waals surface area contributed by atoms with Gasteiger partial charge in [-0.3, -0.25) is 14.2 Å². The zero-order valence-corrected chi connectivity index (χ0v) is 18.3. The van der Waals surface area contributed by atoms with Gasteiger partial charge in [0.2, 0.25) is 0 Å². The van der Waals surface area contributed by atoms with E-state index in [1.165, 1.54) is 29.9 Å². The van der Waals surface area contributed by atoms with Gasteiger partial charge in [-0.25, -0.2) is 9.67 Å². The molecule has 0 aliphatic carbocycles. The Bertz CT molecular complexity index is 1440. The first-order valence-electron chi connectivity index (χ1n) is 9.88. The lowest BCUT2D eigenvalue weighted by Crippen LogP contribution is -2.29. The van der Waals surface area contributed by atoms with Crippen molar-refractivity contribution in [3.05, 3.63) is 93.1 Å². The number of carbonyl (C=O) groups is 1. The van der Waals surface area contributed by atoms with Gasteiger partial charge in [0.25, 0.3) is 5.56 Å². The number of halogens is 4. The van der Waals surface area contributed by atoms with Crippen LogP contribution >= 0.6 is 11.6 Å². The van der Waals surface area contributed by atoms with Crippen LogP contribution in [0.4, 0.5) is 13.2 Å². The smallest absolute Gasteiger partial charge is 0.416 e. The van der Waals surface area contributed by atoms with Gasteiger partial charge in [0.1, 0.15) is 11.4 Å². The monoisotopic (exact) mass is 488 g/mol. The van der Waals surface area contributed by atoms with Crippen molar-refractivity contribution in [2.24, 2.45) is 0 Å². The highest BCUT2D eigenvalue weighted by Gasteiger charge is 2.31. The molecule has 0 saturated carbocycles. The van der Waals surface area contributed by atoms with Crippen molar-refractivity contribution in [1.29, 1.82) is 0 Å². The summed E-state index contributed by atoms with van der Waals surface area (Å²) in [6, 6.07) is 12.6. The van der Waals surface area contributed by atoms with Gasteiger partial charge < -0.3 is 5.11 Å². The lowest BCUT2D eigenvalue weighted by atomic mass is 10.1. The SMILES string of the molecule is Cc1c(-c2ccnn2-c2ccc(Cl)cc2)nc(CC(=O)O)c(=O)n1-c1cccc(C(F)(F)F)c1. The highest BCUT2D eigenvalue weighted by Crippen LogP contribution is 2.31. The highest BCUT2D eigenvalue weighted by molar-refractivity contribution is 6.30. The summed E-state index contributed by atoms with van der Waals surface area (Å²) in [5, 5.41) is 14.1. The second kappa shape index (κ2) is 8.79. The van der Waals surface area contributed by atoms with Crippen LogP contribution in [0.15, 0.2) is 65.6 Å². The molecule has 2 aromatic heterocycles. The maximum atomic E-state index is 13.3. The van der Waals surface area contributed by atoms with E-state index < -0.39 is 29.7 Å². The van der Waals surface area contributed by atoms with Crippen LogP contribution in [0.5, 0.6) is 0 Å². The van der Waals surface area contributed by atoms with Crippen LogP contribution in [0.3, 0.4) is 0 Å². The molecule has 2 aromatic carbocycles. The third kappa shape index (κ3) is 4.44. The number of hydrogen-bond donors (Lipinski definition) is 1. The molecule has 0 fully saturated rings. The predicted molar refractivity (Wildman–Crippen MR) is 118 cm³/mol. The van der Waals surface area contributed by atoms with E-state index in [2.05, 4.69) is 10.1 Å². The van der Waals surface area contributed by atoms with Crippen molar-refractivity contribution in [1.82, 2.24) is 19.3 Å². The van der Waals surface area contributed by atoms with Gasteiger partial charge >= 0.3 is 12.1 Å². The molecule has 0 spiro atoms. The fourth-order valence-electron chi connectivity index (χ4n) is 3.55. The molecule has 0 atom stereocenters. The Labute approximate surface area is 195 Å². The normalized spacial score (nSPS) is 11.6. The molecule has 1 N–H and O–H groups in total. The molecule has 0 radical (unpaired) electrons. The molecule has 34 heavy (non-hydrogen) atoms. The Morgan fingerprint density at radius 2 is 1.79 bits per heavy atom. The minimum absolute atomic E-state index is 0.0647. The molecule has 0 saturated heterocycles. The van der Waals surface area contributed by atoms with Gasteiger partial charge in [-0.05, 0) is 55.5 Å². The Morgan fingerprint density at radius 1 is 1.09 bits per heavy atom. The van der Waals surface area contributed by atoms with Gasteiger partial charge in [0.15, 0.2) is 0 Å². The van der Waals surface area contributed by atoms with Crippen molar-refractivity contribution in [2.75, 3.05) is 0 Å². The van der Waals surface area contributed by atoms with Crippen LogP contribution in [-0.2, 0) is 17.4 Å². The van der Waals surface area contributed by atoms with E-state index in [0.717, 1.165) is 16.7 Å². The van der Waals surface area contributed by atoms with Crippen LogP contribution in [0.25, 0.3) is 22.8 Å². The zero-order chi connectivity index (χ0) is 24.6. The number of benzene rings is 2. The Hall–Kier alpha value is -3.92. The molecule has 0 aliphatic rings. The van der Waals surface area contributed by atoms with E-state index in [0.29, 0.717) is 16.4 Å². The molecule has 0 bridgehead atoms. The molecule has 0 aliphatic heterocycles. The number of aliphatic carboxylic acids is 1. The average molecular weight is 489 g/mol. The number of carboxylic acids is 1. The summed E-state index contributed by atoms with van der Waals surface area (Å²) >= 11 is 5.96. The molecule has 2 heterocycles. The van der Waals surface area contributed by atoms with Gasteiger partial charge in [0.05, 0.1) is 35.3 Å². The fourth-order valence-corrected chi connectivity index (χ4v) is 3.68. The summed E-state index contributed by atoms with van der Waals surface area (Å²) in [4.78, 5) is 28.8. The number of aromatic nitrogens is 4. The molecule has 11 heteroatoms. The number of alkyl halides is 3. The summed E-state index contributed by atoms with van der Waals surface area (Å²) in [5.41, 5.74) is -0.718. The van der Waals surface area contributed by atoms with E-state index in [9.17, 15) is 27.9 Å². The molecular weight excluding hydrogens is 473 g/mol. The van der Waals surface area contributed by atoms with Gasteiger partial charge in [-0.15, -0.1) is 0 Å². The van der Waals surface area contributed by atoms with Crippen LogP contribution in [0, 0.1) is 6.92 Å². The molecule has 4 rings (SSSR count). The highest BCUT2D eigenvalue weighted by atomic mass is 35.5. The molecule has 4 aromatic rings. The Kier molecular flexibility index (Phi) is 6.01. The van der Waals surface area contributed by atoms with E-state index >= 15 is 0 Å². The van der Waals surface area contributed by atoms with Crippen LogP contribution in [-0.4, -0.2) is 30.4 Å². The standard InChI is InChI=1S/C23H16ClF3N4O3/c1-13-21(19-9-10-28-31(19)16-7-5-15(24)6-8-16)29-18(12-20(32)33)22(34)30(13)17-4-2-3-14(11-17)23(25,26)27/h2-11H,12H2,1H3,(H,32,33). The van der Waals surface area contributed by atoms with Crippen LogP contribution < -0.4 is 5.56 Å². The van der Waals surface area contributed by atoms with Crippen LogP contribution in [0.1, 0.15) is 17.0 Å². The first-order chi connectivity index (χ1) is 16.1. The van der Waals surface area contributed by atoms with Crippen LogP contribution in [0.2, 0.25) is 5.02 Å². The number of nitrogens with zero attached hydrogens (tertiary/aromatic N) is 4. The summed E-state index contributed by atoms with van der Waals surface area (Å²) in [6.45, 7) is 1.52. The molecule has 7 nitrogen and oxygen atoms in total. The van der Waals surface area contributed by atoms with E-state index in [-0.39, 0.29) is 22.8 Å². The minimum atomic E-state index is -4.62. The summed E-state index contributed by atoms with van der Waals surface area (Å²) in [7, 11) is 0. The summed E-state index contributed by atoms with van der Waals surface area (Å²) < 4.78 is 42.5. The average Bonchev–Trinajstić information content (AvgIpc) is 3.25. The quantitative estimate of drug-likeness (QED) is 0.440. The molecule has 174 valence electrons. The first kappa shape index (κ1) is 23.2. The van der Waals surface area contributed by atoms with Gasteiger partial charge in [-0.1, -0.05) is 17.7 Å². The van der Waals surface area contributed by atoms with E-state index in [1.807, 2.05) is 0 Å². The summed E-state index contributed by atoms with van der Waals surface area (Å²) in [5.74, 6) is -1.30. The van der Waals surface area contributed by atoms with Gasteiger partial charge in [0, 0.05) is 10.7 Å². The molecule has 0 unspecified atom stereocenters. The predicted octanol–water partition coefficient (Wildman–Crippen LogP) is 4.69. The lowest BCUT2D eigenvalue weighted by Gasteiger charge is -2.17. The Balaban J connectivity index is 1.98. The van der Waals surface area contributed by atoms with Crippen molar-refractivity contribution in [3.63, 3.8) is 0 Å². The topological polar surface area (TPSA) is 90.0 Å². The van der Waals surface area contributed by atoms with E-state index in [4.69, 9.17) is 11.6 Å². The Morgan fingerprint density at radius 3 is 2.44 bits per heavy atom. The van der Waals surface area contributed by atoms with Crippen molar-refractivity contribution in [2.45, 2.75) is 19.5 Å². The first-order valence-corrected chi connectivity index (χ1v) is 10.3. The van der Waals surface area contributed by atoms with Crippen molar-refractivity contribution < 1.29 is 23.1 Å². The second-order valence-corrected chi connectivity index (χ2v) is 7.79. The molecular formula is C23H16ClF3N4O3. The minimum Gasteiger partial charge on any atom is -0.481 e. The maximum Gasteiger partial charge on any atom is 0.416 e. The number of rotatable bonds is 5. The van der Waals surface area contributed by atoms with E-state index in [1.54, 1.807) is 30.3 Å². The fraction of sp³-hybridized carbons (Fsp3) is 0.130. The maximum absolute atomic E-state index is 13.3. The number of carboxylic acid groups (broad SMARTS) is 1. The van der Waals surface area contributed by atoms with Crippen molar-refractivity contribution >= 4 is 17.6 Å². The lowest BCUT2D eigenvalue weighted by molar-refractivity contribution is -0.138. The third-order valence-electron chi connectivity index (χ3n) is 5.08. The summed E-state index contributed by atoms with van der Waals surface area (Å²) in [6.07, 6.45) is -3.84. The van der Waals surface area contributed by atoms with Crippen molar-refractivity contribution in [3.8, 4) is 22.8 Å². The van der Waals surface area contributed by atoms with Gasteiger partial charge in [-0.2, -0.15) is 18.3 Å².